The second-order valence-electron chi connectivity index (χ2n) is 3.60. The van der Waals surface area contributed by atoms with Crippen molar-refractivity contribution in [3.8, 4) is 0 Å². The molecule has 0 aliphatic rings. The van der Waals surface area contributed by atoms with E-state index in [4.69, 9.17) is 4.12 Å². The molecule has 0 aromatic rings. The molecule has 0 N–H and O–H groups in total. The van der Waals surface area contributed by atoms with Crippen LogP contribution in [-0.4, -0.2) is 35.2 Å². The molecular weight excluding hydrogens is 194 g/mol. The van der Waals surface area contributed by atoms with Crippen molar-refractivity contribution in [2.24, 2.45) is 0 Å². The average Bonchev–Trinajstić information content (AvgIpc) is 2.05. The first-order valence-electron chi connectivity index (χ1n) is 5.06. The van der Waals surface area contributed by atoms with Crippen LogP contribution in [0.4, 0.5) is 0 Å². The van der Waals surface area contributed by atoms with Crippen molar-refractivity contribution in [3.05, 3.63) is 12.3 Å². The van der Waals surface area contributed by atoms with Gasteiger partial charge in [0.05, 0.1) is 0 Å². The van der Waals surface area contributed by atoms with Gasteiger partial charge in [0.2, 0.25) is 0 Å². The van der Waals surface area contributed by atoms with Crippen LogP contribution in [0.2, 0.25) is 19.6 Å². The summed E-state index contributed by atoms with van der Waals surface area (Å²) >= 11 is 0. The van der Waals surface area contributed by atoms with Gasteiger partial charge >= 0.3 is 0 Å². The zero-order valence-electron chi connectivity index (χ0n) is 9.63. The van der Waals surface area contributed by atoms with Gasteiger partial charge in [-0.15, -0.1) is 6.58 Å². The van der Waals surface area contributed by atoms with Crippen LogP contribution >= 0.6 is 0 Å². The lowest BCUT2D eigenvalue weighted by Gasteiger charge is -2.36. The van der Waals surface area contributed by atoms with Crippen molar-refractivity contribution in [1.29, 1.82) is 0 Å². The second kappa shape index (κ2) is 5.75. The molecule has 0 fully saturated rings. The average molecular weight is 217 g/mol. The Kier molecular flexibility index (Phi) is 5.79. The van der Waals surface area contributed by atoms with Gasteiger partial charge in [0.1, 0.15) is 0 Å². The van der Waals surface area contributed by atoms with Gasteiger partial charge in [0.15, 0.2) is 9.04 Å². The summed E-state index contributed by atoms with van der Waals surface area (Å²) in [5.41, 5.74) is 2.05. The van der Waals surface area contributed by atoms with Crippen LogP contribution in [0.3, 0.4) is 0 Å². The van der Waals surface area contributed by atoms with Crippen LogP contribution in [0, 0.1) is 0 Å². The SMILES string of the molecule is C=C[Si](C)(O[SiH](C)C)N(CC)CC. The molecule has 0 saturated carbocycles. The molecule has 1 atom stereocenters. The Morgan fingerprint density at radius 3 is 2.08 bits per heavy atom. The van der Waals surface area contributed by atoms with Crippen LogP contribution in [-0.2, 0) is 4.12 Å². The van der Waals surface area contributed by atoms with Crippen molar-refractivity contribution >= 4 is 17.5 Å². The summed E-state index contributed by atoms with van der Waals surface area (Å²) in [4.78, 5) is 0. The van der Waals surface area contributed by atoms with Gasteiger partial charge in [0.25, 0.3) is 8.48 Å². The fourth-order valence-electron chi connectivity index (χ4n) is 1.58. The summed E-state index contributed by atoms with van der Waals surface area (Å²) in [6.45, 7) is 17.1. The number of hydrogen-bond donors (Lipinski definition) is 0. The van der Waals surface area contributed by atoms with Crippen molar-refractivity contribution in [2.75, 3.05) is 13.1 Å². The maximum absolute atomic E-state index is 6.12. The van der Waals surface area contributed by atoms with Gasteiger partial charge < -0.3 is 8.68 Å². The molecular formula is C9H23NOSi2. The molecule has 0 heterocycles. The van der Waals surface area contributed by atoms with Gasteiger partial charge in [-0.1, -0.05) is 19.5 Å². The third-order valence-electron chi connectivity index (χ3n) is 2.24. The minimum Gasteiger partial charge on any atom is -0.444 e. The van der Waals surface area contributed by atoms with Gasteiger partial charge in [-0.2, -0.15) is 0 Å². The highest BCUT2D eigenvalue weighted by molar-refractivity contribution is 6.80. The maximum Gasteiger partial charge on any atom is 0.283 e. The number of nitrogens with zero attached hydrogens (tertiary/aromatic N) is 1. The summed E-state index contributed by atoms with van der Waals surface area (Å²) in [6.07, 6.45) is 0. The molecule has 0 saturated heterocycles. The summed E-state index contributed by atoms with van der Waals surface area (Å²) < 4.78 is 8.54. The van der Waals surface area contributed by atoms with E-state index in [1.54, 1.807) is 0 Å². The van der Waals surface area contributed by atoms with E-state index in [0.29, 0.717) is 0 Å². The van der Waals surface area contributed by atoms with Crippen LogP contribution < -0.4 is 0 Å². The Hall–Kier alpha value is 0.0938. The first-order chi connectivity index (χ1) is 6.00. The van der Waals surface area contributed by atoms with Crippen LogP contribution in [0.25, 0.3) is 0 Å². The Labute approximate surface area is 85.5 Å². The first-order valence-corrected chi connectivity index (χ1v) is 10.3. The summed E-state index contributed by atoms with van der Waals surface area (Å²) in [6, 6.07) is 0. The van der Waals surface area contributed by atoms with Gasteiger partial charge in [-0.05, 0) is 32.7 Å². The molecule has 4 heteroatoms. The molecule has 0 amide bonds. The van der Waals surface area contributed by atoms with Crippen LogP contribution in [0.15, 0.2) is 12.3 Å². The monoisotopic (exact) mass is 217 g/mol. The summed E-state index contributed by atoms with van der Waals surface area (Å²) in [5.74, 6) is 0. The summed E-state index contributed by atoms with van der Waals surface area (Å²) in [7, 11) is -2.71. The second-order valence-corrected chi connectivity index (χ2v) is 9.79. The van der Waals surface area contributed by atoms with Gasteiger partial charge in [-0.3, -0.25) is 0 Å². The van der Waals surface area contributed by atoms with E-state index in [1.165, 1.54) is 0 Å². The Balaban J connectivity index is 4.48. The molecule has 0 radical (unpaired) electrons. The molecule has 1 unspecified atom stereocenters. The first kappa shape index (κ1) is 13.1. The van der Waals surface area contributed by atoms with E-state index in [9.17, 15) is 0 Å². The van der Waals surface area contributed by atoms with E-state index < -0.39 is 17.5 Å². The Morgan fingerprint density at radius 2 is 1.85 bits per heavy atom. The lowest BCUT2D eigenvalue weighted by atomic mass is 10.7. The van der Waals surface area contributed by atoms with Gasteiger partial charge in [0, 0.05) is 0 Å². The number of hydrogen-bond acceptors (Lipinski definition) is 2. The molecule has 0 spiro atoms. The summed E-state index contributed by atoms with van der Waals surface area (Å²) in [5, 5.41) is 0. The smallest absolute Gasteiger partial charge is 0.283 e. The zero-order valence-corrected chi connectivity index (χ0v) is 11.8. The molecule has 0 aromatic heterocycles. The molecule has 0 aromatic carbocycles. The normalized spacial score (nSPS) is 16.2. The van der Waals surface area contributed by atoms with Crippen LogP contribution in [0.1, 0.15) is 13.8 Å². The minimum absolute atomic E-state index is 0.948. The van der Waals surface area contributed by atoms with Crippen molar-refractivity contribution in [1.82, 2.24) is 4.57 Å². The highest BCUT2D eigenvalue weighted by Crippen LogP contribution is 2.13. The molecule has 0 bridgehead atoms. The predicted octanol–water partition coefficient (Wildman–Crippen LogP) is 2.13. The van der Waals surface area contributed by atoms with Crippen molar-refractivity contribution < 1.29 is 4.12 Å². The number of rotatable bonds is 6. The highest BCUT2D eigenvalue weighted by Gasteiger charge is 2.32. The Bertz CT molecular complexity index is 160. The standard InChI is InChI=1S/C9H23NOSi2/c1-7-10(8-2)13(6,9-3)11-12(4)5/h9,12H,3,7-8H2,1-2,4-6H3. The fourth-order valence-corrected chi connectivity index (χ4v) is 7.89. The van der Waals surface area contributed by atoms with E-state index >= 15 is 0 Å². The molecule has 2 nitrogen and oxygen atoms in total. The topological polar surface area (TPSA) is 12.5 Å². The third-order valence-corrected chi connectivity index (χ3v) is 8.68. The molecule has 13 heavy (non-hydrogen) atoms. The maximum atomic E-state index is 6.12. The predicted molar refractivity (Wildman–Crippen MR) is 64.7 cm³/mol. The lowest BCUT2D eigenvalue weighted by Crippen LogP contribution is -2.54. The largest absolute Gasteiger partial charge is 0.444 e. The quantitative estimate of drug-likeness (QED) is 0.632. The highest BCUT2D eigenvalue weighted by atomic mass is 28.4. The lowest BCUT2D eigenvalue weighted by molar-refractivity contribution is 0.386. The Morgan fingerprint density at radius 1 is 1.38 bits per heavy atom. The minimum atomic E-state index is -1.76. The van der Waals surface area contributed by atoms with Crippen LogP contribution in [0.5, 0.6) is 0 Å². The fraction of sp³-hybridized carbons (Fsp3) is 0.778. The molecule has 0 aliphatic carbocycles. The molecule has 0 rings (SSSR count). The van der Waals surface area contributed by atoms with E-state index in [-0.39, 0.29) is 0 Å². The third kappa shape index (κ3) is 3.76. The van der Waals surface area contributed by atoms with Crippen molar-refractivity contribution in [2.45, 2.75) is 33.5 Å². The van der Waals surface area contributed by atoms with E-state index in [2.05, 4.69) is 44.6 Å². The van der Waals surface area contributed by atoms with E-state index in [1.807, 2.05) is 5.70 Å². The van der Waals surface area contributed by atoms with E-state index in [0.717, 1.165) is 13.1 Å². The van der Waals surface area contributed by atoms with Crippen molar-refractivity contribution in [3.63, 3.8) is 0 Å². The molecule has 0 aliphatic heterocycles. The van der Waals surface area contributed by atoms with Gasteiger partial charge in [-0.25, -0.2) is 0 Å². The molecule has 78 valence electrons. The zero-order chi connectivity index (χ0) is 10.5.